The molecule has 182 valence electrons. The predicted molar refractivity (Wildman–Crippen MR) is 150 cm³/mol. The second kappa shape index (κ2) is 11.7. The van der Waals surface area contributed by atoms with Crippen molar-refractivity contribution in [3.63, 3.8) is 0 Å². The molecular formula is C26H24Br3N3O3. The smallest absolute Gasteiger partial charge is 0.282 e. The highest BCUT2D eigenvalue weighted by molar-refractivity contribution is 9.13. The molecule has 1 saturated carbocycles. The standard InChI is InChI=1S/C26H24Br3N3O3/c1-3-12-35-24-21(34-4-2)13-17(22(28)23(24)29)15-30-32-25(16-8-6-5-7-9-16)31-20-11-10-18(27)14-19(20)26(32)33/h1,10-11,13-16H,4-9,12H2,2H3. The lowest BCUT2D eigenvalue weighted by Gasteiger charge is -2.22. The van der Waals surface area contributed by atoms with E-state index >= 15 is 0 Å². The number of halogens is 3. The number of benzene rings is 2. The normalized spacial score (nSPS) is 14.4. The van der Waals surface area contributed by atoms with Gasteiger partial charge in [-0.2, -0.15) is 9.78 Å². The highest BCUT2D eigenvalue weighted by Gasteiger charge is 2.23. The monoisotopic (exact) mass is 663 g/mol. The first-order valence-electron chi connectivity index (χ1n) is 11.4. The molecule has 35 heavy (non-hydrogen) atoms. The van der Waals surface area contributed by atoms with Crippen LogP contribution in [0.25, 0.3) is 10.9 Å². The number of nitrogens with zero attached hydrogens (tertiary/aromatic N) is 3. The van der Waals surface area contributed by atoms with Crippen LogP contribution in [0.4, 0.5) is 0 Å². The van der Waals surface area contributed by atoms with Crippen molar-refractivity contribution in [3.8, 4) is 23.8 Å². The van der Waals surface area contributed by atoms with Crippen LogP contribution in [0.5, 0.6) is 11.5 Å². The van der Waals surface area contributed by atoms with E-state index in [1.165, 1.54) is 11.1 Å². The highest BCUT2D eigenvalue weighted by atomic mass is 79.9. The largest absolute Gasteiger partial charge is 0.490 e. The maximum atomic E-state index is 13.6. The van der Waals surface area contributed by atoms with Crippen molar-refractivity contribution in [2.75, 3.05) is 13.2 Å². The van der Waals surface area contributed by atoms with Crippen molar-refractivity contribution in [2.45, 2.75) is 44.9 Å². The van der Waals surface area contributed by atoms with E-state index in [1.807, 2.05) is 25.1 Å². The Bertz CT molecular complexity index is 1370. The highest BCUT2D eigenvalue weighted by Crippen LogP contribution is 2.42. The molecule has 3 aromatic rings. The molecule has 6 nitrogen and oxygen atoms in total. The first-order valence-corrected chi connectivity index (χ1v) is 13.8. The van der Waals surface area contributed by atoms with E-state index < -0.39 is 0 Å². The van der Waals surface area contributed by atoms with E-state index in [0.717, 1.165) is 30.2 Å². The van der Waals surface area contributed by atoms with Crippen LogP contribution < -0.4 is 15.0 Å². The zero-order valence-corrected chi connectivity index (χ0v) is 23.9. The molecule has 0 unspecified atom stereocenters. The fourth-order valence-electron chi connectivity index (χ4n) is 4.23. The van der Waals surface area contributed by atoms with Crippen LogP contribution in [-0.2, 0) is 0 Å². The summed E-state index contributed by atoms with van der Waals surface area (Å²) in [4.78, 5) is 18.5. The minimum absolute atomic E-state index is 0.108. The maximum Gasteiger partial charge on any atom is 0.282 e. The summed E-state index contributed by atoms with van der Waals surface area (Å²) in [6.45, 7) is 2.45. The fraction of sp³-hybridized carbons (Fsp3) is 0.346. The lowest BCUT2D eigenvalue weighted by atomic mass is 9.88. The zero-order chi connectivity index (χ0) is 24.9. The summed E-state index contributed by atoms with van der Waals surface area (Å²) in [5.41, 5.74) is 1.20. The van der Waals surface area contributed by atoms with Crippen LogP contribution in [0.1, 0.15) is 56.3 Å². The topological polar surface area (TPSA) is 65.7 Å². The van der Waals surface area contributed by atoms with E-state index in [4.69, 9.17) is 20.9 Å². The average molecular weight is 666 g/mol. The average Bonchev–Trinajstić information content (AvgIpc) is 2.87. The molecule has 1 aliphatic rings. The van der Waals surface area contributed by atoms with Gasteiger partial charge in [0.1, 0.15) is 12.4 Å². The van der Waals surface area contributed by atoms with Crippen LogP contribution in [-0.4, -0.2) is 29.1 Å². The zero-order valence-electron chi connectivity index (χ0n) is 19.2. The third kappa shape index (κ3) is 5.65. The molecule has 0 atom stereocenters. The summed E-state index contributed by atoms with van der Waals surface area (Å²) in [5.74, 6) is 4.39. The molecule has 0 N–H and O–H groups in total. The van der Waals surface area contributed by atoms with Crippen LogP contribution >= 0.6 is 47.8 Å². The second-order valence-electron chi connectivity index (χ2n) is 8.17. The quantitative estimate of drug-likeness (QED) is 0.201. The maximum absolute atomic E-state index is 13.6. The Morgan fingerprint density at radius 2 is 1.94 bits per heavy atom. The van der Waals surface area contributed by atoms with E-state index in [9.17, 15) is 4.79 Å². The lowest BCUT2D eigenvalue weighted by molar-refractivity contribution is 0.297. The minimum atomic E-state index is -0.192. The summed E-state index contributed by atoms with van der Waals surface area (Å²) in [7, 11) is 0. The molecule has 1 heterocycles. The molecule has 1 fully saturated rings. The van der Waals surface area contributed by atoms with E-state index in [-0.39, 0.29) is 18.1 Å². The third-order valence-electron chi connectivity index (χ3n) is 5.87. The van der Waals surface area contributed by atoms with E-state index in [1.54, 1.807) is 12.3 Å². The van der Waals surface area contributed by atoms with E-state index in [2.05, 4.69) is 58.8 Å². The Balaban J connectivity index is 1.84. The molecule has 1 aliphatic carbocycles. The Kier molecular flexibility index (Phi) is 8.68. The van der Waals surface area contributed by atoms with Gasteiger partial charge in [-0.3, -0.25) is 4.79 Å². The molecular weight excluding hydrogens is 642 g/mol. The molecule has 4 rings (SSSR count). The molecule has 0 radical (unpaired) electrons. The first kappa shape index (κ1) is 25.9. The molecule has 0 bridgehead atoms. The van der Waals surface area contributed by atoms with Gasteiger partial charge in [-0.1, -0.05) is 41.1 Å². The van der Waals surface area contributed by atoms with Crippen molar-refractivity contribution < 1.29 is 9.47 Å². The Hall–Kier alpha value is -2.15. The Labute approximate surface area is 229 Å². The number of hydrogen-bond donors (Lipinski definition) is 0. The van der Waals surface area contributed by atoms with Gasteiger partial charge >= 0.3 is 0 Å². The van der Waals surface area contributed by atoms with Crippen LogP contribution in [0.2, 0.25) is 0 Å². The van der Waals surface area contributed by atoms with Crippen LogP contribution in [0, 0.1) is 12.3 Å². The Morgan fingerprint density at radius 1 is 1.17 bits per heavy atom. The van der Waals surface area contributed by atoms with Crippen LogP contribution in [0.3, 0.4) is 0 Å². The van der Waals surface area contributed by atoms with Gasteiger partial charge in [-0.25, -0.2) is 4.98 Å². The Morgan fingerprint density at radius 3 is 2.66 bits per heavy atom. The van der Waals surface area contributed by atoms with Crippen molar-refractivity contribution in [1.82, 2.24) is 9.66 Å². The van der Waals surface area contributed by atoms with Gasteiger partial charge in [0.2, 0.25) is 0 Å². The third-order valence-corrected chi connectivity index (χ3v) is 8.51. The number of fused-ring (bicyclic) bond motifs is 1. The molecule has 0 saturated heterocycles. The van der Waals surface area contributed by atoms with Gasteiger partial charge in [0.05, 0.1) is 28.2 Å². The number of rotatable bonds is 7. The molecule has 0 amide bonds. The van der Waals surface area contributed by atoms with Crippen molar-refractivity contribution in [2.24, 2.45) is 5.10 Å². The fourth-order valence-corrected chi connectivity index (χ4v) is 5.53. The van der Waals surface area contributed by atoms with Crippen LogP contribution in [0.15, 0.2) is 47.6 Å². The number of hydrogen-bond acceptors (Lipinski definition) is 5. The molecule has 1 aromatic heterocycles. The molecule has 2 aromatic carbocycles. The van der Waals surface area contributed by atoms with Gasteiger partial charge in [-0.05, 0) is 75.9 Å². The van der Waals surface area contributed by atoms with Crippen molar-refractivity contribution in [1.29, 1.82) is 0 Å². The van der Waals surface area contributed by atoms with Gasteiger partial charge in [0, 0.05) is 20.4 Å². The van der Waals surface area contributed by atoms with E-state index in [0.29, 0.717) is 49.3 Å². The summed E-state index contributed by atoms with van der Waals surface area (Å²) < 4.78 is 15.1. The molecule has 0 aliphatic heterocycles. The van der Waals surface area contributed by atoms with Gasteiger partial charge < -0.3 is 9.47 Å². The van der Waals surface area contributed by atoms with Gasteiger partial charge in [0.25, 0.3) is 5.56 Å². The summed E-state index contributed by atoms with van der Waals surface area (Å²) >= 11 is 10.6. The number of ether oxygens (including phenoxy) is 2. The summed E-state index contributed by atoms with van der Waals surface area (Å²) in [6, 6.07) is 7.38. The number of terminal acetylenes is 1. The van der Waals surface area contributed by atoms with Crippen molar-refractivity contribution in [3.05, 3.63) is 59.4 Å². The first-order chi connectivity index (χ1) is 16.9. The second-order valence-corrected chi connectivity index (χ2v) is 10.7. The summed E-state index contributed by atoms with van der Waals surface area (Å²) in [6.07, 6.45) is 12.4. The minimum Gasteiger partial charge on any atom is -0.490 e. The van der Waals surface area contributed by atoms with Crippen molar-refractivity contribution >= 4 is 64.9 Å². The van der Waals surface area contributed by atoms with Gasteiger partial charge in [-0.15, -0.1) is 6.42 Å². The van der Waals surface area contributed by atoms with Gasteiger partial charge in [0.15, 0.2) is 11.5 Å². The lowest BCUT2D eigenvalue weighted by Crippen LogP contribution is -2.25. The predicted octanol–water partition coefficient (Wildman–Crippen LogP) is 7.02. The molecule has 9 heteroatoms. The molecule has 0 spiro atoms. The number of aromatic nitrogens is 2. The summed E-state index contributed by atoms with van der Waals surface area (Å²) in [5, 5.41) is 5.17. The SMILES string of the molecule is C#CCOc1c(OCC)cc(C=Nn2c(C3CCCCC3)nc3ccc(Br)cc3c2=O)c(Br)c1Br.